The first-order valence-corrected chi connectivity index (χ1v) is 7.42. The van der Waals surface area contributed by atoms with Gasteiger partial charge in [0.25, 0.3) is 0 Å². The van der Waals surface area contributed by atoms with Gasteiger partial charge < -0.3 is 5.11 Å². The number of hydrogen-bond acceptors (Lipinski definition) is 2. The van der Waals surface area contributed by atoms with Gasteiger partial charge in [-0.3, -0.25) is 0 Å². The molecule has 1 aromatic carbocycles. The number of nitrogens with zero attached hydrogens (tertiary/aromatic N) is 1. The Morgan fingerprint density at radius 2 is 2.00 bits per heavy atom. The van der Waals surface area contributed by atoms with Crippen LogP contribution in [-0.2, 0) is 0 Å². The molecule has 2 N–H and O–H groups in total. The fraction of sp³-hybridized carbons (Fsp3) is 0.429. The molecule has 1 aliphatic rings. The summed E-state index contributed by atoms with van der Waals surface area (Å²) in [5.74, 6) is 0. The third-order valence-electron chi connectivity index (χ3n) is 3.85. The Morgan fingerprint density at radius 1 is 1.26 bits per heavy atom. The summed E-state index contributed by atoms with van der Waals surface area (Å²) in [5, 5.41) is 10.7. The maximum Gasteiger partial charge on any atom is 0.454 e. The average molecular weight is 324 g/mol. The van der Waals surface area contributed by atoms with Crippen molar-refractivity contribution >= 4 is 26.8 Å². The number of H-pyrrole nitrogens is 1. The lowest BCUT2D eigenvalue weighted by molar-refractivity contribution is -0.373. The smallest absolute Gasteiger partial charge is 0.446 e. The maximum absolute atomic E-state index is 12.6. The highest BCUT2D eigenvalue weighted by molar-refractivity contribution is 9.10. The highest BCUT2D eigenvalue weighted by atomic mass is 79.9. The summed E-state index contributed by atoms with van der Waals surface area (Å²) in [6, 6.07) is 5.52. The fourth-order valence-electron chi connectivity index (χ4n) is 2.89. The van der Waals surface area contributed by atoms with E-state index in [4.69, 9.17) is 0 Å². The summed E-state index contributed by atoms with van der Waals surface area (Å²) in [7, 11) is 0. The molecule has 1 aromatic heterocycles. The molecule has 1 aliphatic carbocycles. The Hall–Kier alpha value is -1.36. The molecule has 0 saturated heterocycles. The van der Waals surface area contributed by atoms with Crippen LogP contribution in [-0.4, -0.2) is 9.67 Å². The molecule has 19 heavy (non-hydrogen) atoms. The molecule has 0 radical (unpaired) electrons. The molecule has 4 nitrogen and oxygen atoms in total. The highest BCUT2D eigenvalue weighted by Crippen LogP contribution is 2.29. The van der Waals surface area contributed by atoms with Crippen molar-refractivity contribution in [1.82, 2.24) is 4.57 Å². The van der Waals surface area contributed by atoms with Crippen LogP contribution in [0.25, 0.3) is 10.9 Å². The zero-order valence-corrected chi connectivity index (χ0v) is 12.1. The molecule has 0 atom stereocenters. The normalized spacial score (nSPS) is 16.9. The van der Waals surface area contributed by atoms with E-state index in [1.807, 2.05) is 6.07 Å². The van der Waals surface area contributed by atoms with E-state index in [0.717, 1.165) is 30.2 Å². The number of aromatic nitrogens is 2. The lowest BCUT2D eigenvalue weighted by Gasteiger charge is -2.19. The quantitative estimate of drug-likeness (QED) is 0.877. The van der Waals surface area contributed by atoms with E-state index in [9.17, 15) is 9.90 Å². The summed E-state index contributed by atoms with van der Waals surface area (Å²) in [6.07, 6.45) is 5.37. The van der Waals surface area contributed by atoms with Gasteiger partial charge in [0.2, 0.25) is 0 Å². The molecule has 3 rings (SSSR count). The molecule has 0 unspecified atom stereocenters. The van der Waals surface area contributed by atoms with Crippen molar-refractivity contribution in [2.45, 2.75) is 38.1 Å². The van der Waals surface area contributed by atoms with Crippen LogP contribution in [0.5, 0.6) is 6.01 Å². The average Bonchev–Trinajstić information content (AvgIpc) is 2.41. The number of aromatic amines is 1. The van der Waals surface area contributed by atoms with Gasteiger partial charge in [-0.15, -0.1) is 0 Å². The lowest BCUT2D eigenvalue weighted by atomic mass is 9.95. The van der Waals surface area contributed by atoms with Crippen LogP contribution in [0.4, 0.5) is 0 Å². The fourth-order valence-corrected chi connectivity index (χ4v) is 3.25. The van der Waals surface area contributed by atoms with Crippen molar-refractivity contribution in [2.75, 3.05) is 0 Å². The molecule has 0 amide bonds. The minimum Gasteiger partial charge on any atom is -0.446 e. The summed E-state index contributed by atoms with van der Waals surface area (Å²) in [6.45, 7) is 0. The first kappa shape index (κ1) is 12.7. The Morgan fingerprint density at radius 3 is 2.74 bits per heavy atom. The number of fused-ring (bicyclic) bond motifs is 1. The second kappa shape index (κ2) is 4.96. The van der Waals surface area contributed by atoms with Crippen molar-refractivity contribution in [2.24, 2.45) is 0 Å². The number of rotatable bonds is 1. The molecule has 1 heterocycles. The Kier molecular flexibility index (Phi) is 3.31. The third kappa shape index (κ3) is 2.27. The molecular weight excluding hydrogens is 308 g/mol. The van der Waals surface area contributed by atoms with Crippen molar-refractivity contribution < 1.29 is 10.1 Å². The van der Waals surface area contributed by atoms with E-state index in [1.165, 1.54) is 11.0 Å². The zero-order chi connectivity index (χ0) is 13.4. The van der Waals surface area contributed by atoms with E-state index in [-0.39, 0.29) is 17.6 Å². The number of halogens is 1. The van der Waals surface area contributed by atoms with Crippen LogP contribution in [0.2, 0.25) is 0 Å². The van der Waals surface area contributed by atoms with Gasteiger partial charge in [0.05, 0.1) is 0 Å². The van der Waals surface area contributed by atoms with E-state index in [2.05, 4.69) is 20.9 Å². The highest BCUT2D eigenvalue weighted by Gasteiger charge is 2.27. The van der Waals surface area contributed by atoms with E-state index in [0.29, 0.717) is 10.9 Å². The van der Waals surface area contributed by atoms with Crippen molar-refractivity contribution in [3.8, 4) is 6.01 Å². The van der Waals surface area contributed by atoms with Gasteiger partial charge >= 0.3 is 11.6 Å². The molecule has 0 spiro atoms. The molecule has 2 aromatic rings. The molecular formula is C14H16BrN2O2+. The zero-order valence-electron chi connectivity index (χ0n) is 10.5. The summed E-state index contributed by atoms with van der Waals surface area (Å²) < 4.78 is 2.39. The van der Waals surface area contributed by atoms with Crippen LogP contribution >= 0.6 is 15.9 Å². The number of nitrogens with one attached hydrogen (secondary N) is 1. The Bertz CT molecular complexity index is 675. The van der Waals surface area contributed by atoms with Crippen LogP contribution in [0, 0.1) is 0 Å². The first-order valence-electron chi connectivity index (χ1n) is 6.63. The van der Waals surface area contributed by atoms with Gasteiger partial charge in [-0.1, -0.05) is 22.4 Å². The van der Waals surface area contributed by atoms with Crippen molar-refractivity contribution in [1.29, 1.82) is 0 Å². The molecule has 1 saturated carbocycles. The lowest BCUT2D eigenvalue weighted by Crippen LogP contribution is -2.31. The van der Waals surface area contributed by atoms with Crippen LogP contribution in [0.15, 0.2) is 27.5 Å². The van der Waals surface area contributed by atoms with Gasteiger partial charge in [-0.25, -0.2) is 9.78 Å². The van der Waals surface area contributed by atoms with E-state index < -0.39 is 0 Å². The minimum atomic E-state index is -0.112. The van der Waals surface area contributed by atoms with Crippen LogP contribution in [0.1, 0.15) is 38.1 Å². The van der Waals surface area contributed by atoms with Gasteiger partial charge in [0, 0.05) is 4.47 Å². The summed E-state index contributed by atoms with van der Waals surface area (Å²) >= 11 is 3.38. The molecule has 5 heteroatoms. The number of aromatic hydroxyl groups is 1. The van der Waals surface area contributed by atoms with E-state index >= 15 is 0 Å². The van der Waals surface area contributed by atoms with Gasteiger partial charge in [-0.2, -0.15) is 4.57 Å². The molecule has 100 valence electrons. The van der Waals surface area contributed by atoms with E-state index in [1.54, 1.807) is 12.1 Å². The molecule has 0 aliphatic heterocycles. The second-order valence-electron chi connectivity index (χ2n) is 5.11. The molecule has 1 fully saturated rings. The Balaban J connectivity index is 2.21. The monoisotopic (exact) mass is 323 g/mol. The maximum atomic E-state index is 12.6. The number of benzene rings is 1. The second-order valence-corrected chi connectivity index (χ2v) is 6.02. The predicted octanol–water partition coefficient (Wildman–Crippen LogP) is 2.79. The van der Waals surface area contributed by atoms with Crippen LogP contribution < -0.4 is 10.5 Å². The van der Waals surface area contributed by atoms with Gasteiger partial charge in [0.15, 0.2) is 0 Å². The van der Waals surface area contributed by atoms with Gasteiger partial charge in [0.1, 0.15) is 16.9 Å². The Labute approximate surface area is 119 Å². The summed E-state index contributed by atoms with van der Waals surface area (Å²) in [5.41, 5.74) is 0.553. The SMILES string of the molecule is O=c1c2cc(Br)ccc2[nH+]c(O)n1C1CCCCC1. The first-order chi connectivity index (χ1) is 9.16. The summed E-state index contributed by atoms with van der Waals surface area (Å²) in [4.78, 5) is 15.5. The number of hydrogen-bond donors (Lipinski definition) is 1. The third-order valence-corrected chi connectivity index (χ3v) is 4.34. The van der Waals surface area contributed by atoms with Gasteiger partial charge in [-0.05, 0) is 43.9 Å². The van der Waals surface area contributed by atoms with Crippen molar-refractivity contribution in [3.05, 3.63) is 33.0 Å². The van der Waals surface area contributed by atoms with Crippen LogP contribution in [0.3, 0.4) is 0 Å². The predicted molar refractivity (Wildman–Crippen MR) is 76.3 cm³/mol. The standard InChI is InChI=1S/C14H15BrN2O2/c15-9-6-7-12-11(8-9)13(18)17(14(19)16-12)10-4-2-1-3-5-10/h6-8,10H,1-5H2,(H,16,19)/p+1. The topological polar surface area (TPSA) is 56.4 Å². The minimum absolute atomic E-state index is 0.0354. The largest absolute Gasteiger partial charge is 0.454 e. The van der Waals surface area contributed by atoms with Crippen molar-refractivity contribution in [3.63, 3.8) is 0 Å². The molecule has 0 bridgehead atoms.